The quantitative estimate of drug-likeness (QED) is 0.630. The average Bonchev–Trinajstić information content (AvgIpc) is 2.40. The maximum Gasteiger partial charge on any atom is 0.311 e. The number of hydrogen-bond donors (Lipinski definition) is 0. The van der Waals surface area contributed by atoms with Crippen LogP contribution in [0.3, 0.4) is 0 Å². The molecule has 5 nitrogen and oxygen atoms in total. The van der Waals surface area contributed by atoms with Crippen molar-refractivity contribution in [2.75, 3.05) is 0 Å². The molecule has 0 atom stereocenters. The number of benzene rings is 2. The van der Waals surface area contributed by atoms with E-state index in [2.05, 4.69) is 0 Å². The van der Waals surface area contributed by atoms with E-state index in [1.54, 1.807) is 19.1 Å². The van der Waals surface area contributed by atoms with E-state index in [0.29, 0.717) is 5.56 Å². The Morgan fingerprint density at radius 3 is 2.70 bits per heavy atom. The number of nitro benzene ring substituents is 1. The summed E-state index contributed by atoms with van der Waals surface area (Å²) >= 11 is 0. The zero-order valence-electron chi connectivity index (χ0n) is 10.5. The van der Waals surface area contributed by atoms with Crippen LogP contribution >= 0.6 is 0 Å². The van der Waals surface area contributed by atoms with E-state index in [0.717, 1.165) is 12.1 Å². The van der Waals surface area contributed by atoms with Gasteiger partial charge in [-0.05, 0) is 30.7 Å². The van der Waals surface area contributed by atoms with Gasteiger partial charge in [0.1, 0.15) is 11.6 Å². The first kappa shape index (κ1) is 13.5. The minimum atomic E-state index is -0.645. The average molecular weight is 272 g/mol. The summed E-state index contributed by atoms with van der Waals surface area (Å²) in [6.45, 7) is 1.72. The second-order valence-electron chi connectivity index (χ2n) is 4.12. The number of hydrogen-bond acceptors (Lipinski definition) is 4. The van der Waals surface area contributed by atoms with Crippen LogP contribution < -0.4 is 4.74 Å². The van der Waals surface area contributed by atoms with Gasteiger partial charge in [0.05, 0.1) is 16.6 Å². The summed E-state index contributed by atoms with van der Waals surface area (Å²) in [6.07, 6.45) is 0. The summed E-state index contributed by atoms with van der Waals surface area (Å²) in [5.74, 6) is -0.614. The Labute approximate surface area is 114 Å². The predicted octanol–water partition coefficient (Wildman–Crippen LogP) is 3.71. The Bertz CT molecular complexity index is 723. The van der Waals surface area contributed by atoms with Crippen molar-refractivity contribution in [2.45, 2.75) is 6.92 Å². The van der Waals surface area contributed by atoms with Gasteiger partial charge in [-0.3, -0.25) is 10.1 Å². The largest absolute Gasteiger partial charge is 0.450 e. The highest BCUT2D eigenvalue weighted by Crippen LogP contribution is 2.32. The molecule has 0 spiro atoms. The van der Waals surface area contributed by atoms with Gasteiger partial charge in [-0.1, -0.05) is 6.07 Å². The predicted molar refractivity (Wildman–Crippen MR) is 69.0 cm³/mol. The second kappa shape index (κ2) is 5.36. The molecule has 0 radical (unpaired) electrons. The van der Waals surface area contributed by atoms with Crippen LogP contribution in [0.15, 0.2) is 36.4 Å². The molecule has 0 N–H and O–H groups in total. The molecule has 0 fully saturated rings. The number of aryl methyl sites for hydroxylation is 1. The fourth-order valence-corrected chi connectivity index (χ4v) is 1.67. The Balaban J connectivity index is 2.42. The van der Waals surface area contributed by atoms with E-state index >= 15 is 0 Å². The van der Waals surface area contributed by atoms with Crippen LogP contribution in [0, 0.1) is 34.2 Å². The maximum absolute atomic E-state index is 13.3. The normalized spacial score (nSPS) is 9.85. The maximum atomic E-state index is 13.3. The Kier molecular flexibility index (Phi) is 3.62. The van der Waals surface area contributed by atoms with Crippen molar-refractivity contribution >= 4 is 5.69 Å². The lowest BCUT2D eigenvalue weighted by Crippen LogP contribution is -1.95. The molecule has 2 aromatic carbocycles. The minimum absolute atomic E-state index is 0.00455. The van der Waals surface area contributed by atoms with Crippen molar-refractivity contribution in [2.24, 2.45) is 0 Å². The molecular weight excluding hydrogens is 263 g/mol. The molecule has 0 aliphatic rings. The van der Waals surface area contributed by atoms with Crippen LogP contribution in [0.1, 0.15) is 11.1 Å². The van der Waals surface area contributed by atoms with E-state index in [-0.39, 0.29) is 22.7 Å². The van der Waals surface area contributed by atoms with E-state index in [1.165, 1.54) is 18.2 Å². The van der Waals surface area contributed by atoms with Crippen LogP contribution in [0.25, 0.3) is 0 Å². The third kappa shape index (κ3) is 2.90. The van der Waals surface area contributed by atoms with Crippen LogP contribution in [0.2, 0.25) is 0 Å². The van der Waals surface area contributed by atoms with Crippen molar-refractivity contribution in [3.8, 4) is 17.6 Å². The Hall–Kier alpha value is -2.94. The number of halogens is 1. The van der Waals surface area contributed by atoms with Crippen molar-refractivity contribution in [1.82, 2.24) is 0 Å². The highest BCUT2D eigenvalue weighted by Gasteiger charge is 2.16. The lowest BCUT2D eigenvalue weighted by Gasteiger charge is -2.07. The second-order valence-corrected chi connectivity index (χ2v) is 4.12. The van der Waals surface area contributed by atoms with Gasteiger partial charge >= 0.3 is 5.69 Å². The minimum Gasteiger partial charge on any atom is -0.450 e. The molecule has 2 aromatic rings. The third-order valence-corrected chi connectivity index (χ3v) is 2.54. The van der Waals surface area contributed by atoms with Crippen LogP contribution in [-0.2, 0) is 0 Å². The number of ether oxygens (including phenoxy) is 1. The third-order valence-electron chi connectivity index (χ3n) is 2.54. The van der Waals surface area contributed by atoms with E-state index in [9.17, 15) is 14.5 Å². The zero-order valence-corrected chi connectivity index (χ0v) is 10.5. The lowest BCUT2D eigenvalue weighted by molar-refractivity contribution is -0.385. The van der Waals surface area contributed by atoms with E-state index in [4.69, 9.17) is 10.00 Å². The summed E-state index contributed by atoms with van der Waals surface area (Å²) < 4.78 is 18.6. The molecule has 2 rings (SSSR count). The van der Waals surface area contributed by atoms with Gasteiger partial charge in [0, 0.05) is 12.1 Å². The molecule has 0 saturated heterocycles. The monoisotopic (exact) mass is 272 g/mol. The number of rotatable bonds is 3. The fraction of sp³-hybridized carbons (Fsp3) is 0.0714. The molecule has 6 heteroatoms. The standard InChI is InChI=1S/C14H9FN2O3/c1-9-2-3-14(13(4-9)17(18)19)20-12-6-10(8-16)5-11(15)7-12/h2-7H,1H3. The highest BCUT2D eigenvalue weighted by molar-refractivity contribution is 5.51. The van der Waals surface area contributed by atoms with Gasteiger partial charge in [0.15, 0.2) is 0 Å². The van der Waals surface area contributed by atoms with Gasteiger partial charge in [0.25, 0.3) is 0 Å². The van der Waals surface area contributed by atoms with Gasteiger partial charge in [0.2, 0.25) is 5.75 Å². The first-order chi connectivity index (χ1) is 9.49. The molecule has 0 aromatic heterocycles. The van der Waals surface area contributed by atoms with Gasteiger partial charge in [-0.25, -0.2) is 4.39 Å². The number of nitro groups is 1. The Morgan fingerprint density at radius 1 is 1.30 bits per heavy atom. The van der Waals surface area contributed by atoms with Crippen molar-refractivity contribution in [3.05, 3.63) is 63.5 Å². The smallest absolute Gasteiger partial charge is 0.311 e. The van der Waals surface area contributed by atoms with Crippen molar-refractivity contribution < 1.29 is 14.1 Å². The van der Waals surface area contributed by atoms with E-state index in [1.807, 2.05) is 0 Å². The summed E-state index contributed by atoms with van der Waals surface area (Å²) in [7, 11) is 0. The van der Waals surface area contributed by atoms with Crippen LogP contribution in [0.4, 0.5) is 10.1 Å². The summed E-state index contributed by atoms with van der Waals surface area (Å²) in [5, 5.41) is 19.7. The molecule has 0 aliphatic carbocycles. The molecule has 0 bridgehead atoms. The molecule has 0 saturated carbocycles. The highest BCUT2D eigenvalue weighted by atomic mass is 19.1. The summed E-state index contributed by atoms with van der Waals surface area (Å²) in [5.41, 5.74) is 0.573. The van der Waals surface area contributed by atoms with Gasteiger partial charge in [-0.15, -0.1) is 0 Å². The van der Waals surface area contributed by atoms with Crippen molar-refractivity contribution in [3.63, 3.8) is 0 Å². The molecule has 0 amide bonds. The Morgan fingerprint density at radius 2 is 2.05 bits per heavy atom. The molecule has 100 valence electrons. The first-order valence-electron chi connectivity index (χ1n) is 5.63. The lowest BCUT2D eigenvalue weighted by atomic mass is 10.2. The molecule has 20 heavy (non-hydrogen) atoms. The molecule has 0 unspecified atom stereocenters. The van der Waals surface area contributed by atoms with Crippen LogP contribution in [0.5, 0.6) is 11.5 Å². The molecular formula is C14H9FN2O3. The summed E-state index contributed by atoms with van der Waals surface area (Å²) in [4.78, 5) is 10.4. The fourth-order valence-electron chi connectivity index (χ4n) is 1.67. The number of nitriles is 1. The molecule has 0 heterocycles. The zero-order chi connectivity index (χ0) is 14.7. The molecule has 0 aliphatic heterocycles. The van der Waals surface area contributed by atoms with E-state index < -0.39 is 10.7 Å². The number of nitrogens with zero attached hydrogens (tertiary/aromatic N) is 2. The van der Waals surface area contributed by atoms with Gasteiger partial charge in [-0.2, -0.15) is 5.26 Å². The first-order valence-corrected chi connectivity index (χ1v) is 5.63. The topological polar surface area (TPSA) is 76.2 Å². The summed E-state index contributed by atoms with van der Waals surface area (Å²) in [6, 6.07) is 9.65. The van der Waals surface area contributed by atoms with Crippen molar-refractivity contribution in [1.29, 1.82) is 5.26 Å². The SMILES string of the molecule is Cc1ccc(Oc2cc(F)cc(C#N)c2)c([N+](=O)[O-])c1. The van der Waals surface area contributed by atoms with Crippen LogP contribution in [-0.4, -0.2) is 4.92 Å². The van der Waals surface area contributed by atoms with Gasteiger partial charge < -0.3 is 4.74 Å².